The quantitative estimate of drug-likeness (QED) is 0.600. The van der Waals surface area contributed by atoms with Gasteiger partial charge in [0.1, 0.15) is 17.2 Å². The minimum atomic E-state index is -0.658. The summed E-state index contributed by atoms with van der Waals surface area (Å²) in [7, 11) is 4.81. The topological polar surface area (TPSA) is 66.9 Å². The van der Waals surface area contributed by atoms with Crippen LogP contribution in [0.15, 0.2) is 30.5 Å². The van der Waals surface area contributed by atoms with Crippen molar-refractivity contribution in [3.63, 3.8) is 0 Å². The number of cyclic esters (lactones) is 1. The Labute approximate surface area is 174 Å². The number of aryl methyl sites for hydroxylation is 2. The number of esters is 1. The lowest BCUT2D eigenvalue weighted by Crippen LogP contribution is -2.07. The summed E-state index contributed by atoms with van der Waals surface area (Å²) < 4.78 is 22.5. The number of hydrogen-bond donors (Lipinski definition) is 0. The van der Waals surface area contributed by atoms with Gasteiger partial charge in [-0.05, 0) is 61.1 Å². The molecule has 1 aromatic heterocycles. The number of aromatic nitrogens is 1. The number of hydrogen-bond acceptors (Lipinski definition) is 6. The molecule has 0 saturated carbocycles. The standard InChI is InChI=1S/C24H23NO5/c1-27-14-8-9-18(28-2)17(10-14)23-20-19(29-3)11-16-15-7-5-4-6-13(15)12-25-22(16)21(20)24(26)30-23/h8-12,23H,4-7H2,1-3H3. The van der Waals surface area contributed by atoms with Gasteiger partial charge in [0.15, 0.2) is 6.10 Å². The number of methoxy groups -OCH3 is 3. The second-order valence-corrected chi connectivity index (χ2v) is 7.63. The Morgan fingerprint density at radius 2 is 1.80 bits per heavy atom. The molecule has 2 heterocycles. The highest BCUT2D eigenvalue weighted by Crippen LogP contribution is 2.48. The van der Waals surface area contributed by atoms with Crippen molar-refractivity contribution >= 4 is 16.9 Å². The summed E-state index contributed by atoms with van der Waals surface area (Å²) in [5, 5.41) is 0.984. The third kappa shape index (κ3) is 2.70. The molecule has 1 aliphatic heterocycles. The van der Waals surface area contributed by atoms with Crippen molar-refractivity contribution in [1.29, 1.82) is 0 Å². The Balaban J connectivity index is 1.78. The molecule has 1 aliphatic carbocycles. The third-order valence-electron chi connectivity index (χ3n) is 6.12. The average Bonchev–Trinajstić information content (AvgIpc) is 3.15. The molecule has 3 aromatic rings. The fourth-order valence-corrected chi connectivity index (χ4v) is 4.67. The van der Waals surface area contributed by atoms with Crippen LogP contribution >= 0.6 is 0 Å². The molecule has 6 heteroatoms. The monoisotopic (exact) mass is 405 g/mol. The number of rotatable bonds is 4. The van der Waals surface area contributed by atoms with Crippen molar-refractivity contribution in [1.82, 2.24) is 4.98 Å². The van der Waals surface area contributed by atoms with Crippen LogP contribution in [0.3, 0.4) is 0 Å². The Morgan fingerprint density at radius 1 is 1.00 bits per heavy atom. The minimum absolute atomic E-state index is 0.396. The van der Waals surface area contributed by atoms with E-state index < -0.39 is 12.1 Å². The van der Waals surface area contributed by atoms with Gasteiger partial charge in [0, 0.05) is 17.1 Å². The molecule has 2 aromatic carbocycles. The molecule has 0 radical (unpaired) electrons. The van der Waals surface area contributed by atoms with E-state index in [4.69, 9.17) is 18.9 Å². The average molecular weight is 405 g/mol. The summed E-state index contributed by atoms with van der Waals surface area (Å²) >= 11 is 0. The number of ether oxygens (including phenoxy) is 4. The third-order valence-corrected chi connectivity index (χ3v) is 6.12. The summed E-state index contributed by atoms with van der Waals surface area (Å²) in [6.07, 6.45) is 5.57. The van der Waals surface area contributed by atoms with Crippen LogP contribution in [0, 0.1) is 0 Å². The zero-order chi connectivity index (χ0) is 20.8. The first-order valence-corrected chi connectivity index (χ1v) is 10.1. The highest BCUT2D eigenvalue weighted by molar-refractivity contribution is 6.08. The van der Waals surface area contributed by atoms with E-state index in [1.807, 2.05) is 30.5 Å². The van der Waals surface area contributed by atoms with Gasteiger partial charge in [0.2, 0.25) is 0 Å². The fraction of sp³-hybridized carbons (Fsp3) is 0.333. The maximum Gasteiger partial charge on any atom is 0.341 e. The zero-order valence-corrected chi connectivity index (χ0v) is 17.3. The predicted octanol–water partition coefficient (Wildman–Crippen LogP) is 4.40. The van der Waals surface area contributed by atoms with Gasteiger partial charge in [0.25, 0.3) is 0 Å². The van der Waals surface area contributed by atoms with Crippen molar-refractivity contribution in [2.75, 3.05) is 21.3 Å². The Morgan fingerprint density at radius 3 is 2.57 bits per heavy atom. The van der Waals surface area contributed by atoms with E-state index in [-0.39, 0.29) is 0 Å². The number of nitrogens with zero attached hydrogens (tertiary/aromatic N) is 1. The van der Waals surface area contributed by atoms with E-state index in [9.17, 15) is 4.79 Å². The molecule has 0 amide bonds. The molecule has 0 bridgehead atoms. The van der Waals surface area contributed by atoms with Crippen LogP contribution < -0.4 is 14.2 Å². The van der Waals surface area contributed by atoms with Crippen LogP contribution in [0.5, 0.6) is 17.2 Å². The minimum Gasteiger partial charge on any atom is -0.497 e. The second kappa shape index (κ2) is 7.20. The lowest BCUT2D eigenvalue weighted by atomic mass is 9.87. The molecule has 0 saturated heterocycles. The predicted molar refractivity (Wildman–Crippen MR) is 112 cm³/mol. The van der Waals surface area contributed by atoms with Gasteiger partial charge >= 0.3 is 5.97 Å². The van der Waals surface area contributed by atoms with Crippen LogP contribution in [0.1, 0.15) is 51.6 Å². The summed E-state index contributed by atoms with van der Waals surface area (Å²) in [6.45, 7) is 0. The maximum atomic E-state index is 13.1. The molecule has 2 aliphatic rings. The first kappa shape index (κ1) is 18.7. The van der Waals surface area contributed by atoms with Gasteiger partial charge in [-0.25, -0.2) is 4.79 Å². The van der Waals surface area contributed by atoms with E-state index in [2.05, 4.69) is 4.98 Å². The highest BCUT2D eigenvalue weighted by Gasteiger charge is 2.40. The fourth-order valence-electron chi connectivity index (χ4n) is 4.67. The van der Waals surface area contributed by atoms with Gasteiger partial charge in [0.05, 0.1) is 38.0 Å². The highest BCUT2D eigenvalue weighted by atomic mass is 16.6. The first-order valence-electron chi connectivity index (χ1n) is 10.1. The molecule has 154 valence electrons. The summed E-state index contributed by atoms with van der Waals surface area (Å²) in [6, 6.07) is 7.45. The van der Waals surface area contributed by atoms with Crippen LogP contribution in [-0.4, -0.2) is 32.3 Å². The zero-order valence-electron chi connectivity index (χ0n) is 17.3. The molecule has 0 fully saturated rings. The lowest BCUT2D eigenvalue weighted by Gasteiger charge is -2.20. The molecule has 30 heavy (non-hydrogen) atoms. The SMILES string of the molecule is COc1ccc(OC)c(C2OC(=O)c3c2c(OC)cc2c4c(cnc32)CCCC4)c1. The molecule has 0 spiro atoms. The van der Waals surface area contributed by atoms with Crippen molar-refractivity contribution in [2.45, 2.75) is 31.8 Å². The van der Waals surface area contributed by atoms with Crippen LogP contribution in [0.2, 0.25) is 0 Å². The van der Waals surface area contributed by atoms with Gasteiger partial charge in [-0.15, -0.1) is 0 Å². The molecule has 1 unspecified atom stereocenters. The van der Waals surface area contributed by atoms with Gasteiger partial charge in [-0.2, -0.15) is 0 Å². The van der Waals surface area contributed by atoms with Gasteiger partial charge in [-0.1, -0.05) is 0 Å². The molecule has 6 nitrogen and oxygen atoms in total. The molecule has 1 atom stereocenters. The normalized spacial score (nSPS) is 17.3. The van der Waals surface area contributed by atoms with E-state index in [1.165, 1.54) is 17.5 Å². The van der Waals surface area contributed by atoms with Crippen LogP contribution in [0.4, 0.5) is 0 Å². The first-order chi connectivity index (χ1) is 14.7. The molecular formula is C24H23NO5. The molecule has 0 N–H and O–H groups in total. The van der Waals surface area contributed by atoms with E-state index >= 15 is 0 Å². The van der Waals surface area contributed by atoms with Gasteiger partial charge in [-0.3, -0.25) is 4.98 Å². The van der Waals surface area contributed by atoms with E-state index in [0.717, 1.165) is 24.6 Å². The number of fused-ring (bicyclic) bond motifs is 5. The number of benzene rings is 2. The Kier molecular flexibility index (Phi) is 4.50. The smallest absolute Gasteiger partial charge is 0.341 e. The number of carbonyl (C=O) groups is 1. The Hall–Kier alpha value is -3.28. The summed E-state index contributed by atoms with van der Waals surface area (Å²) in [4.78, 5) is 17.7. The largest absolute Gasteiger partial charge is 0.497 e. The van der Waals surface area contributed by atoms with E-state index in [0.29, 0.717) is 39.5 Å². The second-order valence-electron chi connectivity index (χ2n) is 7.63. The van der Waals surface area contributed by atoms with Crippen molar-refractivity contribution in [3.05, 3.63) is 58.3 Å². The van der Waals surface area contributed by atoms with Gasteiger partial charge < -0.3 is 18.9 Å². The van der Waals surface area contributed by atoms with Crippen molar-refractivity contribution in [3.8, 4) is 17.2 Å². The summed E-state index contributed by atoms with van der Waals surface area (Å²) in [5.74, 6) is 1.50. The Bertz CT molecular complexity index is 1170. The van der Waals surface area contributed by atoms with Crippen molar-refractivity contribution < 1.29 is 23.7 Å². The maximum absolute atomic E-state index is 13.1. The van der Waals surface area contributed by atoms with Crippen LogP contribution in [0.25, 0.3) is 10.9 Å². The van der Waals surface area contributed by atoms with Crippen LogP contribution in [-0.2, 0) is 17.6 Å². The lowest BCUT2D eigenvalue weighted by molar-refractivity contribution is 0.0451. The number of carbonyl (C=O) groups excluding carboxylic acids is 1. The molecular weight excluding hydrogens is 382 g/mol. The van der Waals surface area contributed by atoms with Crippen molar-refractivity contribution in [2.24, 2.45) is 0 Å². The molecule has 5 rings (SSSR count). The number of pyridine rings is 1. The summed E-state index contributed by atoms with van der Waals surface area (Å²) in [5.41, 5.74) is 5.08. The van der Waals surface area contributed by atoms with E-state index in [1.54, 1.807) is 21.3 Å².